The van der Waals surface area contributed by atoms with Crippen LogP contribution in [0.25, 0.3) is 10.9 Å². The summed E-state index contributed by atoms with van der Waals surface area (Å²) in [4.78, 5) is 8.54. The van der Waals surface area contributed by atoms with Crippen molar-refractivity contribution in [3.05, 3.63) is 64.4 Å². The Kier molecular flexibility index (Phi) is 4.86. The molecule has 0 aliphatic heterocycles. The Morgan fingerprint density at radius 1 is 1.00 bits per heavy atom. The molecule has 0 saturated carbocycles. The summed E-state index contributed by atoms with van der Waals surface area (Å²) in [7, 11) is 0. The van der Waals surface area contributed by atoms with E-state index in [9.17, 15) is 0 Å². The Morgan fingerprint density at radius 3 is 2.46 bits per heavy atom. The molecule has 24 heavy (non-hydrogen) atoms. The SMILES string of the molecule is CC(C)(C)c1ccc(CCOc2ncnc3ccc(Br)cc23)cc1. The van der Waals surface area contributed by atoms with Crippen LogP contribution >= 0.6 is 15.9 Å². The highest BCUT2D eigenvalue weighted by atomic mass is 79.9. The first-order valence-electron chi connectivity index (χ1n) is 8.06. The molecule has 0 aliphatic rings. The standard InChI is InChI=1S/C20H21BrN2O/c1-20(2,3)15-6-4-14(5-7-15)10-11-24-19-17-12-16(21)8-9-18(17)22-13-23-19/h4-9,12-13H,10-11H2,1-3H3. The number of nitrogens with zero attached hydrogens (tertiary/aromatic N) is 2. The number of rotatable bonds is 4. The molecule has 0 spiro atoms. The molecule has 3 nitrogen and oxygen atoms in total. The predicted molar refractivity (Wildman–Crippen MR) is 102 cm³/mol. The van der Waals surface area contributed by atoms with Crippen LogP contribution in [0.1, 0.15) is 31.9 Å². The third-order valence-electron chi connectivity index (χ3n) is 4.01. The summed E-state index contributed by atoms with van der Waals surface area (Å²) in [6.45, 7) is 7.27. The second-order valence-electron chi connectivity index (χ2n) is 6.89. The van der Waals surface area contributed by atoms with E-state index < -0.39 is 0 Å². The summed E-state index contributed by atoms with van der Waals surface area (Å²) in [6.07, 6.45) is 2.40. The minimum absolute atomic E-state index is 0.183. The molecule has 0 N–H and O–H groups in total. The van der Waals surface area contributed by atoms with Crippen molar-refractivity contribution in [2.75, 3.05) is 6.61 Å². The first kappa shape index (κ1) is 16.9. The lowest BCUT2D eigenvalue weighted by atomic mass is 9.86. The van der Waals surface area contributed by atoms with Gasteiger partial charge in [0.25, 0.3) is 0 Å². The van der Waals surface area contributed by atoms with Crippen molar-refractivity contribution in [1.82, 2.24) is 9.97 Å². The number of ether oxygens (including phenoxy) is 1. The lowest BCUT2D eigenvalue weighted by Crippen LogP contribution is -2.11. The van der Waals surface area contributed by atoms with Gasteiger partial charge in [-0.1, -0.05) is 61.0 Å². The van der Waals surface area contributed by atoms with Gasteiger partial charge in [0.1, 0.15) is 6.33 Å². The minimum Gasteiger partial charge on any atom is -0.477 e. The van der Waals surface area contributed by atoms with E-state index >= 15 is 0 Å². The van der Waals surface area contributed by atoms with Gasteiger partial charge >= 0.3 is 0 Å². The van der Waals surface area contributed by atoms with Crippen LogP contribution in [0, 0.1) is 0 Å². The fraction of sp³-hybridized carbons (Fsp3) is 0.300. The Morgan fingerprint density at radius 2 is 1.75 bits per heavy atom. The first-order chi connectivity index (χ1) is 11.4. The van der Waals surface area contributed by atoms with E-state index in [1.807, 2.05) is 18.2 Å². The van der Waals surface area contributed by atoms with Crippen LogP contribution < -0.4 is 4.74 Å². The molecule has 1 heterocycles. The van der Waals surface area contributed by atoms with Crippen molar-refractivity contribution in [2.24, 2.45) is 0 Å². The number of hydrogen-bond acceptors (Lipinski definition) is 3. The minimum atomic E-state index is 0.183. The van der Waals surface area contributed by atoms with Gasteiger partial charge in [-0.15, -0.1) is 0 Å². The topological polar surface area (TPSA) is 35.0 Å². The van der Waals surface area contributed by atoms with Crippen LogP contribution in [0.2, 0.25) is 0 Å². The molecule has 0 amide bonds. The maximum Gasteiger partial charge on any atom is 0.224 e. The molecule has 124 valence electrons. The smallest absolute Gasteiger partial charge is 0.224 e. The summed E-state index contributed by atoms with van der Waals surface area (Å²) in [5.41, 5.74) is 3.68. The summed E-state index contributed by atoms with van der Waals surface area (Å²) in [5, 5.41) is 0.926. The number of benzene rings is 2. The fourth-order valence-corrected chi connectivity index (χ4v) is 2.92. The third kappa shape index (κ3) is 3.93. The summed E-state index contributed by atoms with van der Waals surface area (Å²) in [6, 6.07) is 14.7. The highest BCUT2D eigenvalue weighted by Gasteiger charge is 2.12. The number of fused-ring (bicyclic) bond motifs is 1. The van der Waals surface area contributed by atoms with Gasteiger partial charge in [-0.2, -0.15) is 0 Å². The normalized spacial score (nSPS) is 11.7. The molecule has 0 aliphatic carbocycles. The molecule has 0 atom stereocenters. The molecular weight excluding hydrogens is 364 g/mol. The average molecular weight is 385 g/mol. The molecule has 1 aromatic heterocycles. The maximum atomic E-state index is 5.90. The van der Waals surface area contributed by atoms with E-state index in [2.05, 4.69) is 70.9 Å². The van der Waals surface area contributed by atoms with Crippen molar-refractivity contribution in [1.29, 1.82) is 0 Å². The number of aromatic nitrogens is 2. The van der Waals surface area contributed by atoms with E-state index in [4.69, 9.17) is 4.74 Å². The maximum absolute atomic E-state index is 5.90. The highest BCUT2D eigenvalue weighted by Crippen LogP contribution is 2.25. The second-order valence-corrected chi connectivity index (χ2v) is 7.80. The molecule has 0 fully saturated rings. The zero-order valence-electron chi connectivity index (χ0n) is 14.2. The molecule has 4 heteroatoms. The van der Waals surface area contributed by atoms with Crippen molar-refractivity contribution in [2.45, 2.75) is 32.6 Å². The summed E-state index contributed by atoms with van der Waals surface area (Å²) in [5.74, 6) is 0.632. The predicted octanol–water partition coefficient (Wildman–Crippen LogP) is 5.31. The number of halogens is 1. The quantitative estimate of drug-likeness (QED) is 0.610. The molecule has 0 bridgehead atoms. The van der Waals surface area contributed by atoms with E-state index in [1.54, 1.807) is 6.33 Å². The van der Waals surface area contributed by atoms with E-state index in [-0.39, 0.29) is 5.41 Å². The average Bonchev–Trinajstić information content (AvgIpc) is 2.55. The van der Waals surface area contributed by atoms with Crippen LogP contribution in [0.5, 0.6) is 5.88 Å². The van der Waals surface area contributed by atoms with Gasteiger partial charge < -0.3 is 4.74 Å². The Hall–Kier alpha value is -1.94. The van der Waals surface area contributed by atoms with Gasteiger partial charge in [-0.05, 0) is 34.7 Å². The van der Waals surface area contributed by atoms with Crippen molar-refractivity contribution in [3.8, 4) is 5.88 Å². The van der Waals surface area contributed by atoms with Crippen LogP contribution in [0.15, 0.2) is 53.3 Å². The van der Waals surface area contributed by atoms with Gasteiger partial charge in [-0.25, -0.2) is 9.97 Å². The second kappa shape index (κ2) is 6.89. The van der Waals surface area contributed by atoms with Crippen molar-refractivity contribution >= 4 is 26.8 Å². The monoisotopic (exact) mass is 384 g/mol. The van der Waals surface area contributed by atoms with Gasteiger partial charge in [0.15, 0.2) is 0 Å². The first-order valence-corrected chi connectivity index (χ1v) is 8.85. The zero-order valence-corrected chi connectivity index (χ0v) is 15.8. The van der Waals surface area contributed by atoms with Gasteiger partial charge in [0.05, 0.1) is 17.5 Å². The Balaban J connectivity index is 1.68. The number of hydrogen-bond donors (Lipinski definition) is 0. The van der Waals surface area contributed by atoms with E-state index in [0.29, 0.717) is 12.5 Å². The van der Waals surface area contributed by atoms with Crippen molar-refractivity contribution < 1.29 is 4.74 Å². The Bertz CT molecular complexity index is 838. The van der Waals surface area contributed by atoms with E-state index in [1.165, 1.54) is 11.1 Å². The van der Waals surface area contributed by atoms with Gasteiger partial charge in [0.2, 0.25) is 5.88 Å². The lowest BCUT2D eigenvalue weighted by Gasteiger charge is -2.19. The van der Waals surface area contributed by atoms with E-state index in [0.717, 1.165) is 21.8 Å². The van der Waals surface area contributed by atoms with Gasteiger partial charge in [-0.3, -0.25) is 0 Å². The molecular formula is C20H21BrN2O. The van der Waals surface area contributed by atoms with Crippen LogP contribution in [-0.2, 0) is 11.8 Å². The molecule has 3 aromatic rings. The van der Waals surface area contributed by atoms with Crippen molar-refractivity contribution in [3.63, 3.8) is 0 Å². The molecule has 0 unspecified atom stereocenters. The largest absolute Gasteiger partial charge is 0.477 e. The lowest BCUT2D eigenvalue weighted by molar-refractivity contribution is 0.313. The third-order valence-corrected chi connectivity index (χ3v) is 4.50. The molecule has 3 rings (SSSR count). The highest BCUT2D eigenvalue weighted by molar-refractivity contribution is 9.10. The van der Waals surface area contributed by atoms with Gasteiger partial charge in [0, 0.05) is 10.9 Å². The zero-order chi connectivity index (χ0) is 17.2. The molecule has 0 saturated heterocycles. The molecule has 2 aromatic carbocycles. The molecule has 0 radical (unpaired) electrons. The van der Waals surface area contributed by atoms with Crippen LogP contribution in [-0.4, -0.2) is 16.6 Å². The van der Waals surface area contributed by atoms with Crippen LogP contribution in [0.3, 0.4) is 0 Å². The summed E-state index contributed by atoms with van der Waals surface area (Å²) < 4.78 is 6.90. The fourth-order valence-electron chi connectivity index (χ4n) is 2.56. The Labute approximate surface area is 151 Å². The summed E-state index contributed by atoms with van der Waals surface area (Å²) >= 11 is 3.48. The van der Waals surface area contributed by atoms with Crippen LogP contribution in [0.4, 0.5) is 0 Å².